The summed E-state index contributed by atoms with van der Waals surface area (Å²) in [5.41, 5.74) is 7.16. The van der Waals surface area contributed by atoms with E-state index in [1.54, 1.807) is 12.1 Å². The van der Waals surface area contributed by atoms with Gasteiger partial charge in [-0.2, -0.15) is 22.7 Å². The molecular weight excluding hydrogens is 615 g/mol. The maximum absolute atomic E-state index is 13.5. The molecule has 0 aliphatic carbocycles. The van der Waals surface area contributed by atoms with Gasteiger partial charge in [-0.1, -0.05) is 29.5 Å². The fraction of sp³-hybridized carbons (Fsp3) is 0.250. The van der Waals surface area contributed by atoms with Gasteiger partial charge in [-0.3, -0.25) is 0 Å². The van der Waals surface area contributed by atoms with Crippen LogP contribution in [0.2, 0.25) is 0 Å². The highest BCUT2D eigenvalue weighted by molar-refractivity contribution is 7.92. The van der Waals surface area contributed by atoms with Gasteiger partial charge in [-0.25, -0.2) is 27.0 Å². The van der Waals surface area contributed by atoms with Crippen molar-refractivity contribution >= 4 is 52.7 Å². The number of sulfonamides is 2. The molecule has 0 saturated carbocycles. The van der Waals surface area contributed by atoms with Crippen LogP contribution in [0.15, 0.2) is 40.1 Å². The van der Waals surface area contributed by atoms with Gasteiger partial charge in [-0.15, -0.1) is 10.2 Å². The summed E-state index contributed by atoms with van der Waals surface area (Å²) in [5, 5.41) is 30.4. The average Bonchev–Trinajstić information content (AvgIpc) is 3.50. The topological polar surface area (TPSA) is 248 Å². The number of aliphatic carboxylic acids is 1. The number of anilines is 1. The number of benzene rings is 2. The number of carboxylic acids is 1. The number of nitrogens with zero attached hydrogens (tertiary/aromatic N) is 5. The Morgan fingerprint density at radius 2 is 1.83 bits per heavy atom. The lowest BCUT2D eigenvalue weighted by Gasteiger charge is -2.31. The van der Waals surface area contributed by atoms with Crippen molar-refractivity contribution in [2.24, 2.45) is 5.14 Å². The molecule has 0 unspecified atom stereocenters. The van der Waals surface area contributed by atoms with Crippen molar-refractivity contribution in [1.29, 1.82) is 0 Å². The van der Waals surface area contributed by atoms with Crippen molar-refractivity contribution in [2.45, 2.75) is 22.0 Å². The number of quaternary nitrogens is 1. The normalized spacial score (nSPS) is 14.5. The van der Waals surface area contributed by atoms with Gasteiger partial charge in [-0.05, 0) is 22.9 Å². The summed E-state index contributed by atoms with van der Waals surface area (Å²) in [7, 11) is -7.39. The van der Waals surface area contributed by atoms with E-state index in [4.69, 9.17) is 20.8 Å². The Bertz CT molecular complexity index is 1820. The monoisotopic (exact) mass is 635 g/mol. The van der Waals surface area contributed by atoms with Crippen LogP contribution in [0.25, 0.3) is 32.7 Å². The Morgan fingerprint density at radius 3 is 2.34 bits per heavy atom. The molecule has 0 atom stereocenters. The summed E-state index contributed by atoms with van der Waals surface area (Å²) in [6.07, 6.45) is -5.19. The van der Waals surface area contributed by atoms with Crippen molar-refractivity contribution < 1.29 is 45.2 Å². The van der Waals surface area contributed by atoms with E-state index in [2.05, 4.69) is 25.6 Å². The molecule has 0 bridgehead atoms. The second-order valence-corrected chi connectivity index (χ2v) is 13.0. The van der Waals surface area contributed by atoms with Gasteiger partial charge in [0.2, 0.25) is 25.9 Å². The number of halogens is 3. The second kappa shape index (κ2) is 10.9. The van der Waals surface area contributed by atoms with Crippen LogP contribution in [0.4, 0.5) is 18.3 Å². The van der Waals surface area contributed by atoms with E-state index in [1.165, 1.54) is 34.8 Å². The minimum Gasteiger partial charge on any atom is -0.542 e. The highest BCUT2D eigenvalue weighted by Crippen LogP contribution is 2.42. The number of carbonyl (C=O) groups is 1. The number of thiazole rings is 1. The predicted molar refractivity (Wildman–Crippen MR) is 135 cm³/mol. The van der Waals surface area contributed by atoms with Crippen LogP contribution >= 0.6 is 11.3 Å². The number of alkyl halides is 3. The van der Waals surface area contributed by atoms with Gasteiger partial charge >= 0.3 is 6.18 Å². The molecule has 7 N–H and O–H groups in total. The van der Waals surface area contributed by atoms with Crippen LogP contribution in [0, 0.1) is 0 Å². The lowest BCUT2D eigenvalue weighted by molar-refractivity contribution is -0.715. The molecule has 0 radical (unpaired) electrons. The van der Waals surface area contributed by atoms with E-state index in [1.807, 2.05) is 11.4 Å². The van der Waals surface area contributed by atoms with Crippen molar-refractivity contribution in [3.8, 4) is 22.5 Å². The van der Waals surface area contributed by atoms with Gasteiger partial charge in [0.25, 0.3) is 0 Å². The van der Waals surface area contributed by atoms with Gasteiger partial charge in [0.1, 0.15) is 21.8 Å². The van der Waals surface area contributed by atoms with Crippen molar-refractivity contribution in [3.63, 3.8) is 0 Å². The minimum atomic E-state index is -5.19. The number of nitrogen functional groups attached to an aromatic ring is 1. The van der Waals surface area contributed by atoms with E-state index in [-0.39, 0.29) is 17.4 Å². The van der Waals surface area contributed by atoms with Crippen molar-refractivity contribution in [3.05, 3.63) is 30.3 Å². The van der Waals surface area contributed by atoms with Gasteiger partial charge in [0.05, 0.1) is 28.9 Å². The summed E-state index contributed by atoms with van der Waals surface area (Å²) in [5.74, 6) is -3.14. The van der Waals surface area contributed by atoms with Crippen LogP contribution in [-0.2, 0) is 24.8 Å². The summed E-state index contributed by atoms with van der Waals surface area (Å²) >= 11 is 1.27. The zero-order valence-corrected chi connectivity index (χ0v) is 23.1. The number of primary sulfonamides is 1. The SMILES string of the molecule is CN(C1C[NH2+]C1)S(=O)(=O)c1ccc(-c2cccc3sc(N)nc23)c(-c2nn[nH]n2)c1S(N)(=O)=O.O=C([O-])C(F)(F)F. The third kappa shape index (κ3) is 5.99. The number of H-pyrrole nitrogens is 1. The second-order valence-electron chi connectivity index (χ2n) is 8.52. The van der Waals surface area contributed by atoms with Gasteiger partial charge in [0.15, 0.2) is 5.13 Å². The van der Waals surface area contributed by atoms with Gasteiger partial charge < -0.3 is 21.0 Å². The first kappa shape index (κ1) is 30.2. The van der Waals surface area contributed by atoms with E-state index in [9.17, 15) is 30.0 Å². The summed E-state index contributed by atoms with van der Waals surface area (Å²) in [4.78, 5) is 12.1. The molecular formula is C20H20F3N9O6S3. The molecule has 2 aromatic heterocycles. The van der Waals surface area contributed by atoms with Crippen molar-refractivity contribution in [2.75, 3.05) is 25.9 Å². The third-order valence-corrected chi connectivity index (χ3v) is 9.91. The number of aromatic amines is 1. The number of carboxylic acid groups (broad SMARTS) is 1. The largest absolute Gasteiger partial charge is 0.542 e. The Kier molecular flexibility index (Phi) is 8.03. The molecule has 1 saturated heterocycles. The van der Waals surface area contributed by atoms with Gasteiger partial charge in [0, 0.05) is 12.6 Å². The number of fused-ring (bicyclic) bond motifs is 1. The molecule has 0 amide bonds. The Hall–Kier alpha value is -3.76. The number of nitrogens with one attached hydrogen (secondary N) is 1. The molecule has 220 valence electrons. The first-order valence-electron chi connectivity index (χ1n) is 11.2. The van der Waals surface area contributed by atoms with Crippen LogP contribution in [0.3, 0.4) is 0 Å². The number of carbonyl (C=O) groups excluding carboxylic acids is 1. The summed E-state index contributed by atoms with van der Waals surface area (Å²) < 4.78 is 86.3. The van der Waals surface area contributed by atoms with E-state index >= 15 is 0 Å². The smallest absolute Gasteiger partial charge is 0.430 e. The maximum Gasteiger partial charge on any atom is 0.430 e. The number of likely N-dealkylation sites (N-methyl/N-ethyl adjacent to an activating group) is 1. The average molecular weight is 636 g/mol. The molecule has 15 nitrogen and oxygen atoms in total. The molecule has 4 aromatic rings. The Balaban J connectivity index is 0.000000493. The quantitative estimate of drug-likeness (QED) is 0.185. The number of nitrogens with two attached hydrogens (primary N) is 3. The van der Waals surface area contributed by atoms with E-state index in [0.717, 1.165) is 4.70 Å². The molecule has 1 aliphatic heterocycles. The molecule has 3 heterocycles. The molecule has 1 aliphatic rings. The first-order chi connectivity index (χ1) is 19.0. The standard InChI is InChI=1S/C18H19N9O4S3.C2HF3O2/c1-27(9-7-21-8-9)34(30,31)13-6-5-10(11-3-2-4-12-15(11)22-18(19)32-12)14(16(13)33(20,28)29)17-23-25-26-24-17;3-2(4,5)1(6)7/h2-6,9,21H,7-8H2,1H3,(H2,19,22)(H2,20,28,29)(H,23,24,25,26);(H,6,7). The molecule has 5 rings (SSSR count). The van der Waals surface area contributed by atoms with E-state index < -0.39 is 42.0 Å². The summed E-state index contributed by atoms with van der Waals surface area (Å²) in [6, 6.07) is 7.78. The fourth-order valence-electron chi connectivity index (χ4n) is 3.91. The fourth-order valence-corrected chi connectivity index (χ4v) is 7.62. The van der Waals surface area contributed by atoms with Crippen molar-refractivity contribution in [1.82, 2.24) is 29.9 Å². The third-order valence-electron chi connectivity index (χ3n) is 5.98. The molecule has 21 heteroatoms. The first-order valence-corrected chi connectivity index (χ1v) is 15.0. The zero-order chi connectivity index (χ0) is 30.3. The number of aromatic nitrogens is 5. The van der Waals surface area contributed by atoms with Crippen LogP contribution in [0.5, 0.6) is 0 Å². The Morgan fingerprint density at radius 1 is 1.17 bits per heavy atom. The highest BCUT2D eigenvalue weighted by atomic mass is 32.2. The lowest BCUT2D eigenvalue weighted by atomic mass is 9.98. The summed E-state index contributed by atoms with van der Waals surface area (Å²) in [6.45, 7) is 1.15. The maximum atomic E-state index is 13.5. The van der Waals surface area contributed by atoms with Crippen LogP contribution in [-0.4, -0.2) is 85.1 Å². The highest BCUT2D eigenvalue weighted by Gasteiger charge is 2.39. The predicted octanol–water partition coefficient (Wildman–Crippen LogP) is -1.76. The number of hydrogen-bond donors (Lipinski definition) is 4. The number of rotatable bonds is 6. The molecule has 41 heavy (non-hydrogen) atoms. The lowest BCUT2D eigenvalue weighted by Crippen LogP contribution is -3.00. The molecule has 2 aromatic carbocycles. The number of hydrogen-bond acceptors (Lipinski definition) is 12. The molecule has 0 spiro atoms. The number of para-hydroxylation sites is 1. The Labute approximate surface area is 233 Å². The number of tetrazole rings is 1. The van der Waals surface area contributed by atoms with E-state index in [0.29, 0.717) is 34.9 Å². The minimum absolute atomic E-state index is 0.0926. The molecule has 1 fully saturated rings. The zero-order valence-electron chi connectivity index (χ0n) is 20.7. The van der Waals surface area contributed by atoms with Crippen LogP contribution in [0.1, 0.15) is 0 Å². The van der Waals surface area contributed by atoms with Crippen LogP contribution < -0.4 is 21.3 Å².